The highest BCUT2D eigenvalue weighted by atomic mass is 32.2. The van der Waals surface area contributed by atoms with Crippen molar-refractivity contribution >= 4 is 21.6 Å². The SMILES string of the molecule is CCN(CC(=O)Nc1cc(OC)ccc1OC)S(=O)(=O)c1ccc(C)cc1. The molecular weight excluding hydrogens is 368 g/mol. The smallest absolute Gasteiger partial charge is 0.243 e. The zero-order chi connectivity index (χ0) is 20.0. The Kier molecular flexibility index (Phi) is 6.81. The van der Waals surface area contributed by atoms with Crippen LogP contribution in [0.4, 0.5) is 5.69 Å². The molecule has 8 heteroatoms. The minimum absolute atomic E-state index is 0.154. The van der Waals surface area contributed by atoms with Crippen molar-refractivity contribution in [3.63, 3.8) is 0 Å². The number of aryl methyl sites for hydroxylation is 1. The van der Waals surface area contributed by atoms with E-state index in [1.807, 2.05) is 6.92 Å². The number of hydrogen-bond acceptors (Lipinski definition) is 5. The van der Waals surface area contributed by atoms with Crippen molar-refractivity contribution in [2.45, 2.75) is 18.7 Å². The molecule has 0 aliphatic carbocycles. The Morgan fingerprint density at radius 2 is 1.74 bits per heavy atom. The van der Waals surface area contributed by atoms with Gasteiger partial charge in [-0.15, -0.1) is 0 Å². The molecule has 0 saturated carbocycles. The van der Waals surface area contributed by atoms with Gasteiger partial charge in [0, 0.05) is 12.6 Å². The Labute approximate surface area is 160 Å². The fraction of sp³-hybridized carbons (Fsp3) is 0.316. The molecule has 0 bridgehead atoms. The predicted molar refractivity (Wildman–Crippen MR) is 104 cm³/mol. The maximum absolute atomic E-state index is 12.8. The van der Waals surface area contributed by atoms with Crippen LogP contribution in [0.5, 0.6) is 11.5 Å². The number of carbonyl (C=O) groups is 1. The number of rotatable bonds is 8. The summed E-state index contributed by atoms with van der Waals surface area (Å²) in [5, 5.41) is 2.68. The minimum atomic E-state index is -3.77. The molecule has 0 aliphatic rings. The molecule has 2 aromatic carbocycles. The number of ether oxygens (including phenoxy) is 2. The topological polar surface area (TPSA) is 84.9 Å². The van der Waals surface area contributed by atoms with Gasteiger partial charge in [0.25, 0.3) is 0 Å². The Hall–Kier alpha value is -2.58. The summed E-state index contributed by atoms with van der Waals surface area (Å²) in [4.78, 5) is 12.6. The molecule has 0 aliphatic heterocycles. The zero-order valence-electron chi connectivity index (χ0n) is 15.9. The summed E-state index contributed by atoms with van der Waals surface area (Å²) in [6.45, 7) is 3.42. The lowest BCUT2D eigenvalue weighted by atomic mass is 10.2. The summed E-state index contributed by atoms with van der Waals surface area (Å²) in [5.74, 6) is 0.526. The number of carbonyl (C=O) groups excluding carboxylic acids is 1. The van der Waals surface area contributed by atoms with Gasteiger partial charge < -0.3 is 14.8 Å². The molecule has 0 radical (unpaired) electrons. The first-order chi connectivity index (χ1) is 12.8. The van der Waals surface area contributed by atoms with E-state index >= 15 is 0 Å². The molecule has 0 unspecified atom stereocenters. The van der Waals surface area contributed by atoms with Crippen LogP contribution in [0.25, 0.3) is 0 Å². The molecule has 1 amide bonds. The molecule has 0 aromatic heterocycles. The second kappa shape index (κ2) is 8.88. The van der Waals surface area contributed by atoms with E-state index in [-0.39, 0.29) is 18.0 Å². The van der Waals surface area contributed by atoms with Gasteiger partial charge in [-0.05, 0) is 31.2 Å². The molecule has 2 rings (SSSR count). The number of benzene rings is 2. The first-order valence-electron chi connectivity index (χ1n) is 8.40. The van der Waals surface area contributed by atoms with Crippen molar-refractivity contribution in [1.82, 2.24) is 4.31 Å². The molecule has 27 heavy (non-hydrogen) atoms. The van der Waals surface area contributed by atoms with Gasteiger partial charge in [0.05, 0.1) is 31.3 Å². The van der Waals surface area contributed by atoms with E-state index in [1.165, 1.54) is 26.4 Å². The van der Waals surface area contributed by atoms with Gasteiger partial charge in [0.15, 0.2) is 0 Å². The van der Waals surface area contributed by atoms with Crippen molar-refractivity contribution < 1.29 is 22.7 Å². The van der Waals surface area contributed by atoms with E-state index in [2.05, 4.69) is 5.32 Å². The molecule has 2 aromatic rings. The Bertz CT molecular complexity index is 895. The summed E-state index contributed by atoms with van der Waals surface area (Å²) in [6, 6.07) is 11.5. The third kappa shape index (κ3) is 4.99. The van der Waals surface area contributed by atoms with E-state index in [0.29, 0.717) is 17.2 Å². The van der Waals surface area contributed by atoms with Crippen molar-refractivity contribution in [3.05, 3.63) is 48.0 Å². The zero-order valence-corrected chi connectivity index (χ0v) is 16.7. The maximum atomic E-state index is 12.8. The number of sulfonamides is 1. The lowest BCUT2D eigenvalue weighted by Gasteiger charge is -2.20. The molecule has 1 N–H and O–H groups in total. The van der Waals surface area contributed by atoms with Gasteiger partial charge in [0.2, 0.25) is 15.9 Å². The van der Waals surface area contributed by atoms with Crippen LogP contribution in [-0.4, -0.2) is 45.9 Å². The molecule has 146 valence electrons. The van der Waals surface area contributed by atoms with Crippen molar-refractivity contribution in [3.8, 4) is 11.5 Å². The average Bonchev–Trinajstić information content (AvgIpc) is 2.66. The average molecular weight is 392 g/mol. The van der Waals surface area contributed by atoms with E-state index in [0.717, 1.165) is 9.87 Å². The Morgan fingerprint density at radius 1 is 1.07 bits per heavy atom. The second-order valence-corrected chi connectivity index (χ2v) is 7.80. The van der Waals surface area contributed by atoms with Gasteiger partial charge >= 0.3 is 0 Å². The van der Waals surface area contributed by atoms with Crippen molar-refractivity contribution in [1.29, 1.82) is 0 Å². The number of nitrogens with zero attached hydrogens (tertiary/aromatic N) is 1. The number of methoxy groups -OCH3 is 2. The molecule has 0 heterocycles. The quantitative estimate of drug-likeness (QED) is 0.747. The monoisotopic (exact) mass is 392 g/mol. The number of likely N-dealkylation sites (N-methyl/N-ethyl adjacent to an activating group) is 1. The van der Waals surface area contributed by atoms with Crippen LogP contribution in [0.2, 0.25) is 0 Å². The van der Waals surface area contributed by atoms with E-state index in [4.69, 9.17) is 9.47 Å². The minimum Gasteiger partial charge on any atom is -0.497 e. The third-order valence-electron chi connectivity index (χ3n) is 4.01. The molecular formula is C19H24N2O5S. The highest BCUT2D eigenvalue weighted by molar-refractivity contribution is 7.89. The lowest BCUT2D eigenvalue weighted by Crippen LogP contribution is -2.37. The van der Waals surface area contributed by atoms with Gasteiger partial charge in [-0.2, -0.15) is 4.31 Å². The number of anilines is 1. The van der Waals surface area contributed by atoms with Crippen LogP contribution in [0.1, 0.15) is 12.5 Å². The summed E-state index contributed by atoms with van der Waals surface area (Å²) in [7, 11) is -0.769. The summed E-state index contributed by atoms with van der Waals surface area (Å²) >= 11 is 0. The largest absolute Gasteiger partial charge is 0.497 e. The first kappa shape index (κ1) is 20.7. The molecule has 7 nitrogen and oxygen atoms in total. The van der Waals surface area contributed by atoms with Crippen LogP contribution in [0.15, 0.2) is 47.4 Å². The first-order valence-corrected chi connectivity index (χ1v) is 9.84. The van der Waals surface area contributed by atoms with Crippen LogP contribution >= 0.6 is 0 Å². The Morgan fingerprint density at radius 3 is 2.30 bits per heavy atom. The second-order valence-electron chi connectivity index (χ2n) is 5.86. The van der Waals surface area contributed by atoms with Crippen molar-refractivity contribution in [2.24, 2.45) is 0 Å². The van der Waals surface area contributed by atoms with E-state index in [1.54, 1.807) is 37.3 Å². The van der Waals surface area contributed by atoms with E-state index < -0.39 is 15.9 Å². The summed E-state index contributed by atoms with van der Waals surface area (Å²) in [5.41, 5.74) is 1.37. The third-order valence-corrected chi connectivity index (χ3v) is 5.95. The Balaban J connectivity index is 2.19. The highest BCUT2D eigenvalue weighted by Crippen LogP contribution is 2.29. The standard InChI is InChI=1S/C19H24N2O5S/c1-5-21(27(23,24)16-9-6-14(2)7-10-16)13-19(22)20-17-12-15(25-3)8-11-18(17)26-4/h6-12H,5,13H2,1-4H3,(H,20,22). The number of amides is 1. The van der Waals surface area contributed by atoms with Crippen LogP contribution in [0.3, 0.4) is 0 Å². The number of nitrogens with one attached hydrogen (secondary N) is 1. The van der Waals surface area contributed by atoms with Gasteiger partial charge in [-0.1, -0.05) is 24.6 Å². The van der Waals surface area contributed by atoms with E-state index in [9.17, 15) is 13.2 Å². The predicted octanol–water partition coefficient (Wildman–Crippen LogP) is 2.66. The van der Waals surface area contributed by atoms with Crippen LogP contribution in [-0.2, 0) is 14.8 Å². The van der Waals surface area contributed by atoms with Gasteiger partial charge in [-0.25, -0.2) is 8.42 Å². The molecule has 0 spiro atoms. The van der Waals surface area contributed by atoms with Gasteiger partial charge in [0.1, 0.15) is 11.5 Å². The fourth-order valence-corrected chi connectivity index (χ4v) is 3.89. The van der Waals surface area contributed by atoms with Crippen LogP contribution < -0.4 is 14.8 Å². The van der Waals surface area contributed by atoms with Crippen molar-refractivity contribution in [2.75, 3.05) is 32.6 Å². The molecule has 0 saturated heterocycles. The summed E-state index contributed by atoms with van der Waals surface area (Å²) in [6.07, 6.45) is 0. The fourth-order valence-electron chi connectivity index (χ4n) is 2.49. The van der Waals surface area contributed by atoms with Crippen LogP contribution in [0, 0.1) is 6.92 Å². The lowest BCUT2D eigenvalue weighted by molar-refractivity contribution is -0.116. The number of hydrogen-bond donors (Lipinski definition) is 1. The highest BCUT2D eigenvalue weighted by Gasteiger charge is 2.25. The van der Waals surface area contributed by atoms with Gasteiger partial charge in [-0.3, -0.25) is 4.79 Å². The maximum Gasteiger partial charge on any atom is 0.243 e. The summed E-state index contributed by atoms with van der Waals surface area (Å²) < 4.78 is 37.1. The molecule has 0 atom stereocenters. The molecule has 0 fully saturated rings. The normalized spacial score (nSPS) is 11.3.